The van der Waals surface area contributed by atoms with E-state index in [1.165, 1.54) is 0 Å². The predicted octanol–water partition coefficient (Wildman–Crippen LogP) is 2.84. The van der Waals surface area contributed by atoms with Gasteiger partial charge in [-0.3, -0.25) is 9.99 Å². The number of rotatable bonds is 3. The molecule has 0 aliphatic carbocycles. The first-order valence-corrected chi connectivity index (χ1v) is 6.48. The second-order valence-corrected chi connectivity index (χ2v) is 4.45. The fourth-order valence-corrected chi connectivity index (χ4v) is 2.06. The molecule has 0 aliphatic rings. The third-order valence-electron chi connectivity index (χ3n) is 3.11. The van der Waals surface area contributed by atoms with E-state index in [0.717, 1.165) is 16.7 Å². The number of imidazole rings is 1. The van der Waals surface area contributed by atoms with E-state index in [1.807, 2.05) is 53.1 Å². The summed E-state index contributed by atoms with van der Waals surface area (Å²) in [5, 5.41) is 20.9. The molecule has 0 fully saturated rings. The van der Waals surface area contributed by atoms with Crippen molar-refractivity contribution in [2.45, 2.75) is 0 Å². The summed E-state index contributed by atoms with van der Waals surface area (Å²) in [5.74, 6) is 0. The van der Waals surface area contributed by atoms with Crippen molar-refractivity contribution >= 4 is 22.4 Å². The average Bonchev–Trinajstić information content (AvgIpc) is 3.00. The lowest BCUT2D eigenvalue weighted by molar-refractivity contribution is 1.09. The van der Waals surface area contributed by atoms with Crippen LogP contribution in [0.5, 0.6) is 0 Å². The molecule has 1 heterocycles. The Hall–Kier alpha value is -3.64. The van der Waals surface area contributed by atoms with E-state index in [4.69, 9.17) is 10.5 Å². The summed E-state index contributed by atoms with van der Waals surface area (Å²) in [7, 11) is 0. The van der Waals surface area contributed by atoms with Crippen molar-refractivity contribution < 1.29 is 0 Å². The molecule has 1 N–H and O–H groups in total. The van der Waals surface area contributed by atoms with Crippen molar-refractivity contribution in [1.82, 2.24) is 9.55 Å². The normalized spacial score (nSPS) is 9.73. The maximum Gasteiger partial charge on any atom is 0.237 e. The highest BCUT2D eigenvalue weighted by Gasteiger charge is 2.03. The predicted molar refractivity (Wildman–Crippen MR) is 83.4 cm³/mol. The minimum Gasteiger partial charge on any atom is -0.299 e. The van der Waals surface area contributed by atoms with Gasteiger partial charge in [-0.25, -0.2) is 4.98 Å². The number of nitriles is 2. The second-order valence-electron chi connectivity index (χ2n) is 4.45. The topological polar surface area (TPSA) is 89.8 Å². The molecule has 6 heteroatoms. The van der Waals surface area contributed by atoms with Crippen LogP contribution >= 0.6 is 0 Å². The number of aromatic nitrogens is 2. The Morgan fingerprint density at radius 1 is 1.05 bits per heavy atom. The van der Waals surface area contributed by atoms with E-state index in [-0.39, 0.29) is 5.71 Å². The molecular formula is C16H10N6. The Kier molecular flexibility index (Phi) is 3.51. The molecule has 22 heavy (non-hydrogen) atoms. The highest BCUT2D eigenvalue weighted by molar-refractivity contribution is 6.10. The van der Waals surface area contributed by atoms with Crippen molar-refractivity contribution in [3.8, 4) is 17.8 Å². The number of anilines is 1. The first-order chi connectivity index (χ1) is 10.8. The smallest absolute Gasteiger partial charge is 0.237 e. The molecular weight excluding hydrogens is 276 g/mol. The van der Waals surface area contributed by atoms with Crippen LogP contribution in [0.3, 0.4) is 0 Å². The number of hydrogen-bond donors (Lipinski definition) is 1. The highest BCUT2D eigenvalue weighted by Crippen LogP contribution is 2.19. The van der Waals surface area contributed by atoms with E-state index in [1.54, 1.807) is 18.5 Å². The quantitative estimate of drug-likeness (QED) is 0.592. The summed E-state index contributed by atoms with van der Waals surface area (Å²) in [6, 6.07) is 18.7. The molecule has 6 nitrogen and oxygen atoms in total. The van der Waals surface area contributed by atoms with Crippen molar-refractivity contribution in [1.29, 1.82) is 10.5 Å². The Bertz CT molecular complexity index is 906. The van der Waals surface area contributed by atoms with Gasteiger partial charge in [0.1, 0.15) is 18.5 Å². The summed E-state index contributed by atoms with van der Waals surface area (Å²) in [6.45, 7) is 0. The van der Waals surface area contributed by atoms with Crippen molar-refractivity contribution in [3.63, 3.8) is 0 Å². The zero-order chi connectivity index (χ0) is 15.4. The van der Waals surface area contributed by atoms with E-state index < -0.39 is 0 Å². The minimum absolute atomic E-state index is 0.218. The molecule has 2 aromatic carbocycles. The van der Waals surface area contributed by atoms with Crippen molar-refractivity contribution in [3.05, 3.63) is 54.9 Å². The van der Waals surface area contributed by atoms with Gasteiger partial charge in [-0.1, -0.05) is 12.1 Å². The van der Waals surface area contributed by atoms with Crippen molar-refractivity contribution in [2.75, 3.05) is 5.43 Å². The third kappa shape index (κ3) is 2.49. The number of hydrazone groups is 1. The molecule has 1 aromatic heterocycles. The number of nitrogens with one attached hydrogen (secondary N) is 1. The first-order valence-electron chi connectivity index (χ1n) is 6.48. The summed E-state index contributed by atoms with van der Waals surface area (Å²) in [6.07, 6.45) is 1.77. The van der Waals surface area contributed by atoms with E-state index in [9.17, 15) is 0 Å². The SMILES string of the molecule is N#CC(C#N)=NNc1ccc(-n2cnc3ccccc32)cc1. The van der Waals surface area contributed by atoms with Gasteiger partial charge in [-0.05, 0) is 36.4 Å². The van der Waals surface area contributed by atoms with Crippen LogP contribution < -0.4 is 5.43 Å². The molecule has 0 atom stereocenters. The number of hydrogen-bond acceptors (Lipinski definition) is 5. The molecule has 3 aromatic rings. The third-order valence-corrected chi connectivity index (χ3v) is 3.11. The van der Waals surface area contributed by atoms with E-state index >= 15 is 0 Å². The number of nitrogens with zero attached hydrogens (tertiary/aromatic N) is 5. The molecule has 0 saturated heterocycles. The summed E-state index contributed by atoms with van der Waals surface area (Å²) >= 11 is 0. The fourth-order valence-electron chi connectivity index (χ4n) is 2.06. The van der Waals surface area contributed by atoms with Gasteiger partial charge >= 0.3 is 0 Å². The molecule has 3 rings (SSSR count). The molecule has 0 amide bonds. The first kappa shape index (κ1) is 13.3. The van der Waals surface area contributed by atoms with Crippen LogP contribution in [-0.2, 0) is 0 Å². The monoisotopic (exact) mass is 286 g/mol. The minimum atomic E-state index is -0.218. The number of para-hydroxylation sites is 2. The van der Waals surface area contributed by atoms with Gasteiger partial charge in [0.05, 0.1) is 16.7 Å². The summed E-state index contributed by atoms with van der Waals surface area (Å²) in [5.41, 5.74) is 6.07. The lowest BCUT2D eigenvalue weighted by atomic mass is 10.2. The average molecular weight is 286 g/mol. The van der Waals surface area contributed by atoms with Crippen LogP contribution in [0.4, 0.5) is 5.69 Å². The summed E-state index contributed by atoms with van der Waals surface area (Å²) < 4.78 is 1.98. The highest BCUT2D eigenvalue weighted by atomic mass is 15.3. The lowest BCUT2D eigenvalue weighted by Gasteiger charge is -2.05. The standard InChI is InChI=1S/C16H10N6/c17-9-13(10-18)21-20-12-5-7-14(8-6-12)22-11-19-15-3-1-2-4-16(15)22/h1-8,11,20H. The Labute approximate surface area is 126 Å². The van der Waals surface area contributed by atoms with Gasteiger partial charge in [0.15, 0.2) is 0 Å². The van der Waals surface area contributed by atoms with Gasteiger partial charge in [0, 0.05) is 5.69 Å². The summed E-state index contributed by atoms with van der Waals surface area (Å²) in [4.78, 5) is 4.35. The molecule has 0 aliphatic heterocycles. The number of benzene rings is 2. The molecule has 0 spiro atoms. The van der Waals surface area contributed by atoms with Crippen LogP contribution in [-0.4, -0.2) is 15.3 Å². The van der Waals surface area contributed by atoms with Gasteiger partial charge in [-0.2, -0.15) is 15.6 Å². The molecule has 0 radical (unpaired) electrons. The van der Waals surface area contributed by atoms with E-state index in [0.29, 0.717) is 5.69 Å². The van der Waals surface area contributed by atoms with Crippen LogP contribution in [0.25, 0.3) is 16.7 Å². The zero-order valence-corrected chi connectivity index (χ0v) is 11.4. The fraction of sp³-hybridized carbons (Fsp3) is 0. The second kappa shape index (κ2) is 5.78. The molecule has 0 saturated carbocycles. The lowest BCUT2D eigenvalue weighted by Crippen LogP contribution is -1.97. The van der Waals surface area contributed by atoms with Gasteiger partial charge in [0.25, 0.3) is 0 Å². The maximum absolute atomic E-state index is 8.62. The maximum atomic E-state index is 8.62. The molecule has 104 valence electrons. The zero-order valence-electron chi connectivity index (χ0n) is 11.4. The Morgan fingerprint density at radius 2 is 1.77 bits per heavy atom. The molecule has 0 bridgehead atoms. The largest absolute Gasteiger partial charge is 0.299 e. The molecule has 0 unspecified atom stereocenters. The number of fused-ring (bicyclic) bond motifs is 1. The van der Waals surface area contributed by atoms with Gasteiger partial charge in [0.2, 0.25) is 5.71 Å². The van der Waals surface area contributed by atoms with E-state index in [2.05, 4.69) is 15.5 Å². The van der Waals surface area contributed by atoms with Crippen LogP contribution in [0.2, 0.25) is 0 Å². The van der Waals surface area contributed by atoms with Gasteiger partial charge in [-0.15, -0.1) is 0 Å². The van der Waals surface area contributed by atoms with Crippen LogP contribution in [0.15, 0.2) is 60.0 Å². The van der Waals surface area contributed by atoms with Crippen LogP contribution in [0, 0.1) is 22.7 Å². The van der Waals surface area contributed by atoms with Gasteiger partial charge < -0.3 is 0 Å². The van der Waals surface area contributed by atoms with Crippen molar-refractivity contribution in [2.24, 2.45) is 5.10 Å². The Balaban J connectivity index is 1.88. The van der Waals surface area contributed by atoms with Crippen LogP contribution in [0.1, 0.15) is 0 Å². The Morgan fingerprint density at radius 3 is 2.50 bits per heavy atom.